The zero-order valence-electron chi connectivity index (χ0n) is 17.3. The molecule has 0 bridgehead atoms. The van der Waals surface area contributed by atoms with E-state index in [1.165, 1.54) is 31.4 Å². The molecule has 0 amide bonds. The number of piperazine rings is 1. The Labute approximate surface area is 180 Å². The van der Waals surface area contributed by atoms with Gasteiger partial charge in [-0.2, -0.15) is 10.2 Å². The van der Waals surface area contributed by atoms with Crippen molar-refractivity contribution in [1.29, 1.82) is 0 Å². The standard InChI is InChI=1S/C22H25N9/c1-2-16(1)14-29-7-9-30(10-8-29)19-5-3-18(4-6-19)28-21-22-24-15-27-31(22)20(13-23-21)17-11-25-26-12-17/h3-6,11-13,15-16H,1-2,7-10,14H2,(H,23,28)(H,25,26). The zero-order valence-corrected chi connectivity index (χ0v) is 17.3. The molecule has 9 heteroatoms. The van der Waals surface area contributed by atoms with Crippen LogP contribution in [0, 0.1) is 5.92 Å². The molecule has 1 aliphatic carbocycles. The lowest BCUT2D eigenvalue weighted by atomic mass is 10.2. The highest BCUT2D eigenvalue weighted by atomic mass is 15.3. The Morgan fingerprint density at radius 2 is 1.84 bits per heavy atom. The van der Waals surface area contributed by atoms with E-state index in [9.17, 15) is 0 Å². The summed E-state index contributed by atoms with van der Waals surface area (Å²) < 4.78 is 1.77. The van der Waals surface area contributed by atoms with E-state index in [4.69, 9.17) is 0 Å². The van der Waals surface area contributed by atoms with E-state index in [0.29, 0.717) is 11.5 Å². The first-order valence-corrected chi connectivity index (χ1v) is 10.9. The number of aromatic nitrogens is 6. The lowest BCUT2D eigenvalue weighted by molar-refractivity contribution is 0.248. The molecule has 2 N–H and O–H groups in total. The van der Waals surface area contributed by atoms with E-state index in [0.717, 1.165) is 49.0 Å². The van der Waals surface area contributed by atoms with Crippen LogP contribution in [0.5, 0.6) is 0 Å². The van der Waals surface area contributed by atoms with Gasteiger partial charge in [0.25, 0.3) is 0 Å². The Balaban J connectivity index is 1.16. The Bertz CT molecular complexity index is 1150. The molecular formula is C22H25N9. The van der Waals surface area contributed by atoms with Gasteiger partial charge in [0, 0.05) is 55.9 Å². The molecule has 158 valence electrons. The minimum absolute atomic E-state index is 0.672. The predicted molar refractivity (Wildman–Crippen MR) is 119 cm³/mol. The van der Waals surface area contributed by atoms with Gasteiger partial charge in [-0.15, -0.1) is 0 Å². The third-order valence-electron chi connectivity index (χ3n) is 6.18. The first kappa shape index (κ1) is 18.3. The Morgan fingerprint density at radius 3 is 2.58 bits per heavy atom. The third kappa shape index (κ3) is 3.72. The van der Waals surface area contributed by atoms with Crippen LogP contribution in [-0.2, 0) is 0 Å². The molecule has 4 aromatic rings. The number of rotatable bonds is 6. The third-order valence-corrected chi connectivity index (χ3v) is 6.18. The minimum Gasteiger partial charge on any atom is -0.369 e. The molecule has 3 aromatic heterocycles. The molecule has 2 fully saturated rings. The van der Waals surface area contributed by atoms with Gasteiger partial charge in [0.1, 0.15) is 6.33 Å². The van der Waals surface area contributed by atoms with Crippen LogP contribution in [0.3, 0.4) is 0 Å². The lowest BCUT2D eigenvalue weighted by Gasteiger charge is -2.36. The van der Waals surface area contributed by atoms with Gasteiger partial charge in [-0.25, -0.2) is 14.5 Å². The summed E-state index contributed by atoms with van der Waals surface area (Å²) in [6, 6.07) is 8.56. The monoisotopic (exact) mass is 415 g/mol. The van der Waals surface area contributed by atoms with Crippen LogP contribution in [0.25, 0.3) is 16.9 Å². The number of fused-ring (bicyclic) bond motifs is 1. The van der Waals surface area contributed by atoms with Gasteiger partial charge < -0.3 is 10.2 Å². The molecular weight excluding hydrogens is 390 g/mol. The fraction of sp³-hybridized carbons (Fsp3) is 0.364. The molecule has 0 atom stereocenters. The smallest absolute Gasteiger partial charge is 0.199 e. The average molecular weight is 416 g/mol. The van der Waals surface area contributed by atoms with Crippen LogP contribution in [0.4, 0.5) is 17.2 Å². The summed E-state index contributed by atoms with van der Waals surface area (Å²) in [5, 5.41) is 14.6. The normalized spacial score (nSPS) is 17.4. The second kappa shape index (κ2) is 7.66. The van der Waals surface area contributed by atoms with Crippen molar-refractivity contribution in [2.24, 2.45) is 5.92 Å². The van der Waals surface area contributed by atoms with Gasteiger partial charge in [0.2, 0.25) is 0 Å². The van der Waals surface area contributed by atoms with Crippen molar-refractivity contribution in [3.8, 4) is 11.3 Å². The lowest BCUT2D eigenvalue weighted by Crippen LogP contribution is -2.47. The van der Waals surface area contributed by atoms with Crippen molar-refractivity contribution < 1.29 is 0 Å². The number of anilines is 3. The maximum Gasteiger partial charge on any atom is 0.199 e. The number of benzene rings is 1. The molecule has 2 aliphatic rings. The molecule has 1 aromatic carbocycles. The number of H-pyrrole nitrogens is 1. The van der Waals surface area contributed by atoms with Crippen LogP contribution in [-0.4, -0.2) is 67.4 Å². The van der Waals surface area contributed by atoms with Gasteiger partial charge >= 0.3 is 0 Å². The van der Waals surface area contributed by atoms with Crippen molar-refractivity contribution in [1.82, 2.24) is 34.7 Å². The number of nitrogens with zero attached hydrogens (tertiary/aromatic N) is 7. The summed E-state index contributed by atoms with van der Waals surface area (Å²) in [7, 11) is 0. The van der Waals surface area contributed by atoms with Gasteiger partial charge in [0.15, 0.2) is 11.5 Å². The Kier molecular flexibility index (Phi) is 4.53. The van der Waals surface area contributed by atoms with Crippen LogP contribution in [0.1, 0.15) is 12.8 Å². The SMILES string of the molecule is c1nc2c(Nc3ccc(N4CCN(CC5CC5)CC4)cc3)ncc(-c3cn[nH]c3)n2n1. The van der Waals surface area contributed by atoms with Crippen LogP contribution in [0.2, 0.25) is 0 Å². The summed E-state index contributed by atoms with van der Waals surface area (Å²) in [4.78, 5) is 14.1. The fourth-order valence-electron chi connectivity index (χ4n) is 4.24. The number of hydrogen-bond donors (Lipinski definition) is 2. The summed E-state index contributed by atoms with van der Waals surface area (Å²) in [6.07, 6.45) is 9.74. The molecule has 1 saturated carbocycles. The van der Waals surface area contributed by atoms with Crippen molar-refractivity contribution in [2.45, 2.75) is 12.8 Å². The van der Waals surface area contributed by atoms with Crippen molar-refractivity contribution in [3.05, 3.63) is 49.2 Å². The molecule has 0 spiro atoms. The van der Waals surface area contributed by atoms with Crippen LogP contribution in [0.15, 0.2) is 49.2 Å². The number of hydrogen-bond acceptors (Lipinski definition) is 7. The highest BCUT2D eigenvalue weighted by Crippen LogP contribution is 2.30. The van der Waals surface area contributed by atoms with Crippen LogP contribution >= 0.6 is 0 Å². The number of aromatic amines is 1. The van der Waals surface area contributed by atoms with E-state index in [1.807, 2.05) is 6.20 Å². The first-order valence-electron chi connectivity index (χ1n) is 10.9. The predicted octanol–water partition coefficient (Wildman–Crippen LogP) is 2.79. The molecule has 6 rings (SSSR count). The molecule has 4 heterocycles. The Hall–Kier alpha value is -3.46. The van der Waals surface area contributed by atoms with E-state index in [1.54, 1.807) is 16.9 Å². The Morgan fingerprint density at radius 1 is 1.00 bits per heavy atom. The molecule has 0 unspecified atom stereocenters. The molecule has 1 aliphatic heterocycles. The van der Waals surface area contributed by atoms with Crippen molar-refractivity contribution >= 4 is 22.8 Å². The van der Waals surface area contributed by atoms with E-state index in [-0.39, 0.29) is 0 Å². The molecule has 1 saturated heterocycles. The summed E-state index contributed by atoms with van der Waals surface area (Å²) in [5.41, 5.74) is 4.67. The van der Waals surface area contributed by atoms with E-state index >= 15 is 0 Å². The molecule has 9 nitrogen and oxygen atoms in total. The van der Waals surface area contributed by atoms with Gasteiger partial charge in [-0.1, -0.05) is 0 Å². The second-order valence-electron chi connectivity index (χ2n) is 8.38. The second-order valence-corrected chi connectivity index (χ2v) is 8.38. The summed E-state index contributed by atoms with van der Waals surface area (Å²) in [5.74, 6) is 1.64. The first-order chi connectivity index (χ1) is 15.3. The van der Waals surface area contributed by atoms with E-state index < -0.39 is 0 Å². The van der Waals surface area contributed by atoms with Crippen molar-refractivity contribution in [3.63, 3.8) is 0 Å². The van der Waals surface area contributed by atoms with Gasteiger partial charge in [0.05, 0.1) is 18.1 Å². The minimum atomic E-state index is 0.672. The number of nitrogens with one attached hydrogen (secondary N) is 2. The maximum atomic E-state index is 4.59. The summed E-state index contributed by atoms with van der Waals surface area (Å²) in [6.45, 7) is 5.80. The van der Waals surface area contributed by atoms with Crippen molar-refractivity contribution in [2.75, 3.05) is 42.9 Å². The maximum absolute atomic E-state index is 4.59. The highest BCUT2D eigenvalue weighted by Gasteiger charge is 2.26. The zero-order chi connectivity index (χ0) is 20.6. The molecule has 31 heavy (non-hydrogen) atoms. The largest absolute Gasteiger partial charge is 0.369 e. The quantitative estimate of drug-likeness (QED) is 0.500. The average Bonchev–Trinajstić information content (AvgIpc) is 3.26. The van der Waals surface area contributed by atoms with E-state index in [2.05, 4.69) is 64.6 Å². The topological polar surface area (TPSA) is 90.3 Å². The fourth-order valence-corrected chi connectivity index (χ4v) is 4.24. The van der Waals surface area contributed by atoms with Crippen LogP contribution < -0.4 is 10.2 Å². The highest BCUT2D eigenvalue weighted by molar-refractivity contribution is 5.73. The summed E-state index contributed by atoms with van der Waals surface area (Å²) >= 11 is 0. The van der Waals surface area contributed by atoms with Gasteiger partial charge in [-0.05, 0) is 43.0 Å². The molecule has 0 radical (unpaired) electrons. The van der Waals surface area contributed by atoms with Gasteiger partial charge in [-0.3, -0.25) is 10.00 Å².